The van der Waals surface area contributed by atoms with E-state index in [-0.39, 0.29) is 24.5 Å². The van der Waals surface area contributed by atoms with E-state index in [1.54, 1.807) is 12.0 Å². The minimum absolute atomic E-state index is 0. The number of benzene rings is 3. The Hall–Kier alpha value is -3.01. The van der Waals surface area contributed by atoms with Crippen LogP contribution in [0.25, 0.3) is 0 Å². The molecule has 2 aliphatic rings. The van der Waals surface area contributed by atoms with E-state index >= 15 is 0 Å². The van der Waals surface area contributed by atoms with Crippen molar-refractivity contribution < 1.29 is 19.0 Å². The Morgan fingerprint density at radius 3 is 2.23 bits per heavy atom. The summed E-state index contributed by atoms with van der Waals surface area (Å²) in [7, 11) is 1.61. The molecule has 0 saturated carbocycles. The van der Waals surface area contributed by atoms with E-state index < -0.39 is 12.1 Å². The zero-order valence-electron chi connectivity index (χ0n) is 24.5. The first-order valence-corrected chi connectivity index (χ1v) is 14.9. The third-order valence-corrected chi connectivity index (χ3v) is 7.81. The topological polar surface area (TPSA) is 75.6 Å². The molecule has 1 N–H and O–H groups in total. The van der Waals surface area contributed by atoms with Gasteiger partial charge in [-0.15, -0.1) is 12.4 Å². The number of amidine groups is 1. The van der Waals surface area contributed by atoms with E-state index in [0.717, 1.165) is 30.8 Å². The summed E-state index contributed by atoms with van der Waals surface area (Å²) in [6.07, 6.45) is -0.104. The molecule has 1 saturated heterocycles. The van der Waals surface area contributed by atoms with Gasteiger partial charge in [-0.3, -0.25) is 14.8 Å². The Morgan fingerprint density at radius 1 is 1.00 bits per heavy atom. The Morgan fingerprint density at radius 2 is 1.63 bits per heavy atom. The number of methoxy groups -OCH3 is 1. The van der Waals surface area contributed by atoms with Crippen molar-refractivity contribution in [2.75, 3.05) is 46.5 Å². The summed E-state index contributed by atoms with van der Waals surface area (Å²) in [6.45, 7) is 8.24. The molecular weight excluding hydrogens is 611 g/mol. The van der Waals surface area contributed by atoms with Crippen LogP contribution in [0.5, 0.6) is 11.5 Å². The van der Waals surface area contributed by atoms with Gasteiger partial charge in [-0.1, -0.05) is 47.5 Å². The Balaban J connectivity index is 0.00000423. The first-order valence-electron chi connectivity index (χ1n) is 14.1. The molecule has 2 unspecified atom stereocenters. The first-order chi connectivity index (χ1) is 20.3. The van der Waals surface area contributed by atoms with E-state index in [4.69, 9.17) is 42.4 Å². The Bertz CT molecular complexity index is 1400. The van der Waals surface area contributed by atoms with Crippen molar-refractivity contribution in [2.45, 2.75) is 32.0 Å². The molecular formula is C32H37Cl3N4O4. The van der Waals surface area contributed by atoms with Gasteiger partial charge in [0.25, 0.3) is 0 Å². The van der Waals surface area contributed by atoms with Gasteiger partial charge in [0.05, 0.1) is 38.0 Å². The predicted octanol–water partition coefficient (Wildman–Crippen LogP) is 6.80. The lowest BCUT2D eigenvalue weighted by Gasteiger charge is -2.31. The highest BCUT2D eigenvalue weighted by molar-refractivity contribution is 6.30. The van der Waals surface area contributed by atoms with E-state index in [1.165, 1.54) is 0 Å². The molecule has 0 radical (unpaired) electrons. The number of aliphatic imine (C=N–C) groups is 1. The maximum Gasteiger partial charge on any atom is 0.323 e. The summed E-state index contributed by atoms with van der Waals surface area (Å²) in [5.74, 6) is 1.75. The second-order valence-electron chi connectivity index (χ2n) is 10.5. The minimum atomic E-state index is -0.448. The van der Waals surface area contributed by atoms with E-state index in [9.17, 15) is 4.79 Å². The van der Waals surface area contributed by atoms with Gasteiger partial charge in [-0.25, -0.2) is 4.79 Å². The van der Waals surface area contributed by atoms with Crippen LogP contribution in [-0.4, -0.2) is 74.3 Å². The monoisotopic (exact) mass is 646 g/mol. The second-order valence-corrected chi connectivity index (χ2v) is 11.4. The Kier molecular flexibility index (Phi) is 11.6. The molecule has 0 bridgehead atoms. The van der Waals surface area contributed by atoms with Crippen LogP contribution in [-0.2, 0) is 4.74 Å². The summed E-state index contributed by atoms with van der Waals surface area (Å²) in [4.78, 5) is 23.4. The van der Waals surface area contributed by atoms with Crippen LogP contribution in [0.15, 0.2) is 71.7 Å². The molecule has 0 aliphatic carbocycles. The van der Waals surface area contributed by atoms with Crippen LogP contribution in [0.4, 0.5) is 4.79 Å². The normalized spacial score (nSPS) is 18.7. The number of hydrogen-bond donors (Lipinski definition) is 1. The lowest BCUT2D eigenvalue weighted by atomic mass is 9.94. The fraction of sp³-hybridized carbons (Fsp3) is 0.375. The maximum atomic E-state index is 14.2. The number of carbonyl (C=O) groups is 1. The Labute approximate surface area is 269 Å². The number of urea groups is 1. The molecule has 230 valence electrons. The molecule has 11 heteroatoms. The summed E-state index contributed by atoms with van der Waals surface area (Å²) >= 11 is 12.5. The largest absolute Gasteiger partial charge is 0.497 e. The standard InChI is InChI=1S/C32H36Cl2N4O4.ClH/c1-21(2)42-28-20-26(40-3)12-13-27(28)31-36-29(22-4-8-24(33)9-5-22)30(23-6-10-25(34)11-7-23)38(31)32(39)35-14-15-37-16-18-41-19-17-37;/h4-13,20-21,29-30H,14-19H2,1-3H3,(H,35,39);1H. The molecule has 0 aromatic heterocycles. The molecule has 2 heterocycles. The van der Waals surface area contributed by atoms with E-state index in [1.807, 2.05) is 80.6 Å². The fourth-order valence-electron chi connectivity index (χ4n) is 5.26. The van der Waals surface area contributed by atoms with Crippen LogP contribution in [0.3, 0.4) is 0 Å². The van der Waals surface area contributed by atoms with Crippen LogP contribution in [0, 0.1) is 0 Å². The average Bonchev–Trinajstić information content (AvgIpc) is 3.38. The SMILES string of the molecule is COc1ccc(C2=NC(c3ccc(Cl)cc3)C(c3ccc(Cl)cc3)N2C(=O)NCCN2CCOCC2)c(OC(C)C)c1.Cl. The molecule has 2 atom stereocenters. The van der Waals surface area contributed by atoms with Gasteiger partial charge in [0, 0.05) is 42.3 Å². The van der Waals surface area contributed by atoms with E-state index in [0.29, 0.717) is 52.7 Å². The number of ether oxygens (including phenoxy) is 3. The number of halogens is 3. The zero-order valence-corrected chi connectivity index (χ0v) is 26.8. The number of nitrogens with zero attached hydrogens (tertiary/aromatic N) is 3. The quantitative estimate of drug-likeness (QED) is 0.277. The minimum Gasteiger partial charge on any atom is -0.497 e. The number of hydrogen-bond acceptors (Lipinski definition) is 6. The van der Waals surface area contributed by atoms with Crippen LogP contribution in [0.1, 0.15) is 42.6 Å². The molecule has 43 heavy (non-hydrogen) atoms. The van der Waals surface area contributed by atoms with Gasteiger partial charge in [0.1, 0.15) is 23.4 Å². The van der Waals surface area contributed by atoms with E-state index in [2.05, 4.69) is 10.2 Å². The molecule has 3 aromatic carbocycles. The molecule has 0 spiro atoms. The van der Waals surface area contributed by atoms with Gasteiger partial charge in [-0.2, -0.15) is 0 Å². The highest BCUT2D eigenvalue weighted by atomic mass is 35.5. The first kappa shape index (κ1) is 32.9. The van der Waals surface area contributed by atoms with Crippen molar-refractivity contribution in [1.82, 2.24) is 15.1 Å². The van der Waals surface area contributed by atoms with Gasteiger partial charge in [-0.05, 0) is 61.4 Å². The summed E-state index contributed by atoms with van der Waals surface area (Å²) in [6, 6.07) is 19.6. The number of morpholine rings is 1. The summed E-state index contributed by atoms with van der Waals surface area (Å²) in [5, 5.41) is 4.40. The third-order valence-electron chi connectivity index (χ3n) is 7.31. The number of nitrogens with one attached hydrogen (secondary N) is 1. The van der Waals surface area contributed by atoms with Gasteiger partial charge in [0.15, 0.2) is 0 Å². The highest BCUT2D eigenvalue weighted by Crippen LogP contribution is 2.45. The van der Waals surface area contributed by atoms with Gasteiger partial charge >= 0.3 is 6.03 Å². The van der Waals surface area contributed by atoms with Crippen LogP contribution in [0.2, 0.25) is 10.0 Å². The molecule has 8 nitrogen and oxygen atoms in total. The van der Waals surface area contributed by atoms with Crippen LogP contribution >= 0.6 is 35.6 Å². The lowest BCUT2D eigenvalue weighted by molar-refractivity contribution is 0.0386. The smallest absolute Gasteiger partial charge is 0.323 e. The van der Waals surface area contributed by atoms with Crippen molar-refractivity contribution in [3.05, 3.63) is 93.5 Å². The average molecular weight is 648 g/mol. The number of carbonyl (C=O) groups excluding carboxylic acids is 1. The third kappa shape index (κ3) is 7.94. The van der Waals surface area contributed by atoms with Gasteiger partial charge < -0.3 is 19.5 Å². The van der Waals surface area contributed by atoms with Crippen molar-refractivity contribution in [2.24, 2.45) is 4.99 Å². The van der Waals surface area contributed by atoms with Crippen molar-refractivity contribution in [1.29, 1.82) is 0 Å². The van der Waals surface area contributed by atoms with Gasteiger partial charge in [0.2, 0.25) is 0 Å². The second kappa shape index (κ2) is 15.1. The number of amides is 2. The fourth-order valence-corrected chi connectivity index (χ4v) is 5.52. The maximum absolute atomic E-state index is 14.2. The molecule has 1 fully saturated rings. The summed E-state index contributed by atoms with van der Waals surface area (Å²) in [5.41, 5.74) is 2.53. The molecule has 2 amide bonds. The van der Waals surface area contributed by atoms with Crippen molar-refractivity contribution >= 4 is 47.5 Å². The number of rotatable bonds is 9. The summed E-state index contributed by atoms with van der Waals surface area (Å²) < 4.78 is 17.2. The predicted molar refractivity (Wildman–Crippen MR) is 173 cm³/mol. The van der Waals surface area contributed by atoms with Crippen LogP contribution < -0.4 is 14.8 Å². The molecule has 2 aliphatic heterocycles. The van der Waals surface area contributed by atoms with Crippen molar-refractivity contribution in [3.63, 3.8) is 0 Å². The van der Waals surface area contributed by atoms with Crippen molar-refractivity contribution in [3.8, 4) is 11.5 Å². The lowest BCUT2D eigenvalue weighted by Crippen LogP contribution is -2.47. The zero-order chi connectivity index (χ0) is 29.6. The molecule has 3 aromatic rings. The molecule has 5 rings (SSSR count). The highest BCUT2D eigenvalue weighted by Gasteiger charge is 2.43.